The third-order valence-electron chi connectivity index (χ3n) is 5.08. The van der Waals surface area contributed by atoms with E-state index in [0.29, 0.717) is 18.7 Å². The highest BCUT2D eigenvalue weighted by Gasteiger charge is 2.39. The van der Waals surface area contributed by atoms with Crippen LogP contribution in [-0.4, -0.2) is 46.4 Å². The van der Waals surface area contributed by atoms with Crippen molar-refractivity contribution in [2.45, 2.75) is 52.2 Å². The standard InChI is InChI=1S/C23H27F2N3O4/c1-13-8-17(20(29)30)19(18(26-13)14-9-15(24)11-16(25)10-14)28-7-6-23(5,12-28)27-21(31)32-22(2,3)4/h8-11H,6-7,12H2,1-5H3,(H,27,31)(H,29,30)/t23-/m0/s1. The molecule has 1 aromatic carbocycles. The zero-order chi connectivity index (χ0) is 23.8. The second-order valence-electron chi connectivity index (χ2n) is 9.33. The fourth-order valence-electron chi connectivity index (χ4n) is 3.85. The number of aromatic carboxylic acids is 1. The van der Waals surface area contributed by atoms with Crippen LogP contribution in [0.1, 0.15) is 50.2 Å². The van der Waals surface area contributed by atoms with Crippen LogP contribution in [0.15, 0.2) is 24.3 Å². The molecule has 1 fully saturated rings. The van der Waals surface area contributed by atoms with Crippen molar-refractivity contribution in [1.29, 1.82) is 0 Å². The summed E-state index contributed by atoms with van der Waals surface area (Å²) in [7, 11) is 0. The number of alkyl carbamates (subject to hydrolysis) is 1. The first-order chi connectivity index (χ1) is 14.8. The number of carbonyl (C=O) groups excluding carboxylic acids is 1. The van der Waals surface area contributed by atoms with E-state index in [9.17, 15) is 23.5 Å². The molecule has 1 atom stereocenters. The van der Waals surface area contributed by atoms with E-state index in [1.54, 1.807) is 32.6 Å². The first kappa shape index (κ1) is 23.4. The lowest BCUT2D eigenvalue weighted by Gasteiger charge is -2.30. The molecule has 2 heterocycles. The topological polar surface area (TPSA) is 91.8 Å². The minimum absolute atomic E-state index is 0.0290. The highest BCUT2D eigenvalue weighted by molar-refractivity contribution is 5.99. The smallest absolute Gasteiger partial charge is 0.408 e. The van der Waals surface area contributed by atoms with Gasteiger partial charge in [-0.05, 0) is 59.2 Å². The SMILES string of the molecule is Cc1cc(C(=O)O)c(N2CC[C@](C)(NC(=O)OC(C)(C)C)C2)c(-c2cc(F)cc(F)c2)n1. The van der Waals surface area contributed by atoms with Gasteiger partial charge in [-0.3, -0.25) is 4.98 Å². The first-order valence-electron chi connectivity index (χ1n) is 10.2. The van der Waals surface area contributed by atoms with Crippen LogP contribution >= 0.6 is 0 Å². The number of anilines is 1. The number of carbonyl (C=O) groups is 2. The quantitative estimate of drug-likeness (QED) is 0.716. The Bertz CT molecular complexity index is 1050. The summed E-state index contributed by atoms with van der Waals surface area (Å²) < 4.78 is 33.2. The number of carboxylic acids is 1. The van der Waals surface area contributed by atoms with Gasteiger partial charge >= 0.3 is 12.1 Å². The predicted molar refractivity (Wildman–Crippen MR) is 116 cm³/mol. The van der Waals surface area contributed by atoms with Gasteiger partial charge in [0.05, 0.1) is 22.5 Å². The van der Waals surface area contributed by atoms with Crippen molar-refractivity contribution < 1.29 is 28.2 Å². The molecule has 32 heavy (non-hydrogen) atoms. The van der Waals surface area contributed by atoms with E-state index in [1.165, 1.54) is 6.07 Å². The molecule has 1 aliphatic rings. The van der Waals surface area contributed by atoms with Crippen molar-refractivity contribution in [3.8, 4) is 11.3 Å². The number of carboxylic acid groups (broad SMARTS) is 1. The molecule has 0 saturated carbocycles. The van der Waals surface area contributed by atoms with Crippen LogP contribution in [0.25, 0.3) is 11.3 Å². The van der Waals surface area contributed by atoms with Gasteiger partial charge in [0.25, 0.3) is 0 Å². The normalized spacial score (nSPS) is 18.5. The van der Waals surface area contributed by atoms with E-state index in [4.69, 9.17) is 4.74 Å². The summed E-state index contributed by atoms with van der Waals surface area (Å²) >= 11 is 0. The molecule has 2 N–H and O–H groups in total. The third kappa shape index (κ3) is 5.33. The Morgan fingerprint density at radius 2 is 1.81 bits per heavy atom. The molecule has 0 aliphatic carbocycles. The average molecular weight is 447 g/mol. The summed E-state index contributed by atoms with van der Waals surface area (Å²) in [6.45, 7) is 9.41. The highest BCUT2D eigenvalue weighted by atomic mass is 19.1. The van der Waals surface area contributed by atoms with Gasteiger partial charge in [0.1, 0.15) is 17.2 Å². The molecule has 0 unspecified atom stereocenters. The Kier molecular flexibility index (Phi) is 6.13. The molecule has 2 aromatic rings. The van der Waals surface area contributed by atoms with Crippen LogP contribution in [0.2, 0.25) is 0 Å². The predicted octanol–water partition coefficient (Wildman–Crippen LogP) is 4.53. The van der Waals surface area contributed by atoms with Gasteiger partial charge in [-0.2, -0.15) is 0 Å². The van der Waals surface area contributed by atoms with Crippen LogP contribution in [0.5, 0.6) is 0 Å². The van der Waals surface area contributed by atoms with E-state index in [1.807, 2.05) is 6.92 Å². The lowest BCUT2D eigenvalue weighted by Crippen LogP contribution is -2.49. The monoisotopic (exact) mass is 447 g/mol. The maximum absolute atomic E-state index is 13.9. The molecule has 1 saturated heterocycles. The number of benzene rings is 1. The number of aromatic nitrogens is 1. The van der Waals surface area contributed by atoms with E-state index in [2.05, 4.69) is 10.3 Å². The van der Waals surface area contributed by atoms with E-state index >= 15 is 0 Å². The maximum Gasteiger partial charge on any atom is 0.408 e. The first-order valence-corrected chi connectivity index (χ1v) is 10.2. The van der Waals surface area contributed by atoms with Crippen molar-refractivity contribution in [2.24, 2.45) is 0 Å². The van der Waals surface area contributed by atoms with Gasteiger partial charge in [0, 0.05) is 30.4 Å². The molecule has 9 heteroatoms. The van der Waals surface area contributed by atoms with Crippen LogP contribution in [0.4, 0.5) is 19.3 Å². The lowest BCUT2D eigenvalue weighted by molar-refractivity contribution is 0.0472. The van der Waals surface area contributed by atoms with Gasteiger partial charge in [-0.1, -0.05) is 0 Å². The van der Waals surface area contributed by atoms with Gasteiger partial charge in [0.2, 0.25) is 0 Å². The zero-order valence-corrected chi connectivity index (χ0v) is 18.8. The van der Waals surface area contributed by atoms with E-state index in [-0.39, 0.29) is 29.1 Å². The Labute approximate surface area is 185 Å². The molecule has 0 spiro atoms. The number of rotatable bonds is 4. The third-order valence-corrected chi connectivity index (χ3v) is 5.08. The minimum Gasteiger partial charge on any atom is -0.478 e. The fourth-order valence-corrected chi connectivity index (χ4v) is 3.85. The molecule has 7 nitrogen and oxygen atoms in total. The van der Waals surface area contributed by atoms with Gasteiger partial charge < -0.3 is 20.1 Å². The second kappa shape index (κ2) is 8.37. The van der Waals surface area contributed by atoms with Gasteiger partial charge in [-0.25, -0.2) is 18.4 Å². The van der Waals surface area contributed by atoms with Gasteiger partial charge in [-0.15, -0.1) is 0 Å². The van der Waals surface area contributed by atoms with E-state index < -0.39 is 34.8 Å². The minimum atomic E-state index is -1.18. The lowest BCUT2D eigenvalue weighted by atomic mass is 10.0. The largest absolute Gasteiger partial charge is 0.478 e. The van der Waals surface area contributed by atoms with Crippen LogP contribution in [0.3, 0.4) is 0 Å². The number of aryl methyl sites for hydroxylation is 1. The average Bonchev–Trinajstić information content (AvgIpc) is 2.99. The summed E-state index contributed by atoms with van der Waals surface area (Å²) in [5.74, 6) is -2.76. The highest BCUT2D eigenvalue weighted by Crippen LogP contribution is 2.37. The molecule has 0 radical (unpaired) electrons. The Balaban J connectivity index is 2.02. The number of nitrogens with zero attached hydrogens (tertiary/aromatic N) is 2. The summed E-state index contributed by atoms with van der Waals surface area (Å²) in [4.78, 5) is 30.5. The number of amides is 1. The number of hydrogen-bond donors (Lipinski definition) is 2. The van der Waals surface area contributed by atoms with Crippen molar-refractivity contribution in [1.82, 2.24) is 10.3 Å². The second-order valence-corrected chi connectivity index (χ2v) is 9.33. The summed E-state index contributed by atoms with van der Waals surface area (Å²) in [5.41, 5.74) is -0.432. The molecule has 1 amide bonds. The Morgan fingerprint density at radius 3 is 2.38 bits per heavy atom. The number of nitrogens with one attached hydrogen (secondary N) is 1. The van der Waals surface area contributed by atoms with Crippen molar-refractivity contribution in [3.05, 3.63) is 47.2 Å². The Morgan fingerprint density at radius 1 is 1.19 bits per heavy atom. The van der Waals surface area contributed by atoms with Crippen LogP contribution in [0, 0.1) is 18.6 Å². The van der Waals surface area contributed by atoms with Crippen LogP contribution in [-0.2, 0) is 4.74 Å². The van der Waals surface area contributed by atoms with Crippen molar-refractivity contribution in [3.63, 3.8) is 0 Å². The zero-order valence-electron chi connectivity index (χ0n) is 18.8. The number of hydrogen-bond acceptors (Lipinski definition) is 5. The summed E-state index contributed by atoms with van der Waals surface area (Å²) in [6, 6.07) is 4.41. The van der Waals surface area contributed by atoms with Crippen molar-refractivity contribution in [2.75, 3.05) is 18.0 Å². The number of ether oxygens (including phenoxy) is 1. The Hall–Kier alpha value is -3.23. The molecule has 172 valence electrons. The number of pyridine rings is 1. The van der Waals surface area contributed by atoms with Gasteiger partial charge in [0.15, 0.2) is 0 Å². The van der Waals surface area contributed by atoms with Crippen molar-refractivity contribution >= 4 is 17.7 Å². The maximum atomic E-state index is 13.9. The molecular formula is C23H27F2N3O4. The molecule has 0 bridgehead atoms. The van der Waals surface area contributed by atoms with Crippen LogP contribution < -0.4 is 10.2 Å². The van der Waals surface area contributed by atoms with E-state index in [0.717, 1.165) is 18.2 Å². The molecule has 1 aliphatic heterocycles. The summed E-state index contributed by atoms with van der Waals surface area (Å²) in [5, 5.41) is 12.7. The fraction of sp³-hybridized carbons (Fsp3) is 0.435. The molecule has 3 rings (SSSR count). The summed E-state index contributed by atoms with van der Waals surface area (Å²) in [6.07, 6.45) is -0.0642. The number of halogens is 2. The molecular weight excluding hydrogens is 420 g/mol. The molecule has 1 aromatic heterocycles.